The van der Waals surface area contributed by atoms with Crippen LogP contribution in [0.1, 0.15) is 117 Å². The number of amides is 4. The highest BCUT2D eigenvalue weighted by Gasteiger charge is 2.24. The second-order valence-electron chi connectivity index (χ2n) is 14.9. The summed E-state index contributed by atoms with van der Waals surface area (Å²) in [6, 6.07) is 6.38. The number of aryl methyl sites for hydroxylation is 2. The minimum Gasteiger partial charge on any atom is -0.491 e. The molecule has 6 aromatic rings. The van der Waals surface area contributed by atoms with E-state index in [2.05, 4.69) is 30.6 Å². The van der Waals surface area contributed by atoms with Crippen LogP contribution in [-0.2, 0) is 24.3 Å². The van der Waals surface area contributed by atoms with E-state index in [0.29, 0.717) is 107 Å². The van der Waals surface area contributed by atoms with Crippen LogP contribution in [0.3, 0.4) is 0 Å². The number of benzene rings is 1. The zero-order valence-corrected chi connectivity index (χ0v) is 42.3. The molecule has 0 fully saturated rings. The summed E-state index contributed by atoms with van der Waals surface area (Å²) in [7, 11) is 3.52. The van der Waals surface area contributed by atoms with E-state index in [0.717, 1.165) is 0 Å². The van der Waals surface area contributed by atoms with Crippen molar-refractivity contribution in [3.63, 3.8) is 0 Å². The van der Waals surface area contributed by atoms with E-state index >= 15 is 0 Å². The summed E-state index contributed by atoms with van der Waals surface area (Å²) in [5.74, 6) is -0.757. The van der Waals surface area contributed by atoms with Crippen LogP contribution < -0.4 is 32.6 Å². The van der Waals surface area contributed by atoms with Crippen molar-refractivity contribution in [2.24, 2.45) is 22.2 Å². The van der Waals surface area contributed by atoms with Gasteiger partial charge < -0.3 is 50.8 Å². The molecule has 21 heteroatoms. The number of hydrogen-bond donors (Lipinski definition) is 6. The number of aromatic nitrogens is 7. The number of fused-ring (bicyclic) bond motifs is 4. The topological polar surface area (TPSA) is 303 Å². The molecule has 0 spiro atoms. The van der Waals surface area contributed by atoms with Crippen LogP contribution in [-0.4, -0.2) is 120 Å². The third kappa shape index (κ3) is 14.5. The van der Waals surface area contributed by atoms with Crippen molar-refractivity contribution in [1.82, 2.24) is 44.3 Å². The first-order chi connectivity index (χ1) is 33.6. The first-order valence-corrected chi connectivity index (χ1v) is 23.5. The Kier molecular flexibility index (Phi) is 22.8. The second-order valence-corrected chi connectivity index (χ2v) is 14.9. The Morgan fingerprint density at radius 1 is 0.957 bits per heavy atom. The lowest BCUT2D eigenvalue weighted by Gasteiger charge is -2.17. The zero-order valence-electron chi connectivity index (χ0n) is 42.3. The van der Waals surface area contributed by atoms with E-state index < -0.39 is 17.7 Å². The number of imidazole rings is 1. The molecule has 21 nitrogen and oxygen atoms in total. The number of aliphatic imine (C=N–C) groups is 1. The highest BCUT2D eigenvalue weighted by Crippen LogP contribution is 2.32. The normalized spacial score (nSPS) is 11.4. The molecule has 0 aliphatic rings. The van der Waals surface area contributed by atoms with Gasteiger partial charge in [0.05, 0.1) is 28.7 Å². The average Bonchev–Trinajstić information content (AvgIpc) is 4.01. The van der Waals surface area contributed by atoms with Crippen LogP contribution in [0.25, 0.3) is 33.1 Å². The van der Waals surface area contributed by atoms with Gasteiger partial charge in [-0.2, -0.15) is 0 Å². The van der Waals surface area contributed by atoms with Crippen LogP contribution in [0.2, 0.25) is 0 Å². The van der Waals surface area contributed by atoms with Gasteiger partial charge >= 0.3 is 0 Å². The van der Waals surface area contributed by atoms with Gasteiger partial charge in [0.25, 0.3) is 11.8 Å². The number of nitrogens with zero attached hydrogens (tertiary/aromatic N) is 9. The van der Waals surface area contributed by atoms with Gasteiger partial charge in [-0.05, 0) is 71.0 Å². The van der Waals surface area contributed by atoms with Crippen LogP contribution >= 0.6 is 0 Å². The van der Waals surface area contributed by atoms with Gasteiger partial charge in [-0.3, -0.25) is 29.5 Å². The molecule has 6 rings (SSSR count). The number of allylic oxidation sites excluding steroid dienone is 4. The molecule has 378 valence electrons. The van der Waals surface area contributed by atoms with Crippen molar-refractivity contribution in [1.29, 1.82) is 0 Å². The van der Waals surface area contributed by atoms with E-state index in [9.17, 15) is 19.2 Å². The molecular weight excluding hydrogens is 897 g/mol. The van der Waals surface area contributed by atoms with Gasteiger partial charge in [-0.15, -0.1) is 0 Å². The monoisotopic (exact) mass is 967 g/mol. The molecule has 0 unspecified atom stereocenters. The van der Waals surface area contributed by atoms with Crippen LogP contribution in [0.5, 0.6) is 5.75 Å². The van der Waals surface area contributed by atoms with Gasteiger partial charge in [0, 0.05) is 77.2 Å². The Morgan fingerprint density at radius 2 is 1.64 bits per heavy atom. The highest BCUT2D eigenvalue weighted by molar-refractivity contribution is 6.10. The molecule has 0 saturated carbocycles. The van der Waals surface area contributed by atoms with Gasteiger partial charge in [-0.25, -0.2) is 24.9 Å². The molecule has 0 saturated heterocycles. The molecule has 0 aliphatic heterocycles. The van der Waals surface area contributed by atoms with Crippen molar-refractivity contribution in [2.75, 3.05) is 52.3 Å². The average molecular weight is 967 g/mol. The van der Waals surface area contributed by atoms with Gasteiger partial charge in [-0.1, -0.05) is 46.8 Å². The lowest BCUT2D eigenvalue weighted by atomic mass is 10.1. The summed E-state index contributed by atoms with van der Waals surface area (Å²) in [5.41, 5.74) is 21.6. The molecule has 70 heavy (non-hydrogen) atoms. The molecule has 0 atom stereocenters. The number of aliphatic hydroxyl groups is 1. The zero-order chi connectivity index (χ0) is 52.1. The fourth-order valence-corrected chi connectivity index (χ4v) is 6.93. The molecule has 4 amide bonds. The van der Waals surface area contributed by atoms with E-state index in [1.807, 2.05) is 58.3 Å². The summed E-state index contributed by atoms with van der Waals surface area (Å²) in [5, 5.41) is 14.0. The number of primary amides is 2. The molecule has 5 heterocycles. The Bertz CT molecular complexity index is 2820. The summed E-state index contributed by atoms with van der Waals surface area (Å²) in [4.78, 5) is 80.2. The molecule has 1 aromatic carbocycles. The smallest absolute Gasteiger partial charge is 0.295 e. The summed E-state index contributed by atoms with van der Waals surface area (Å²) in [6.07, 6.45) is 8.43. The van der Waals surface area contributed by atoms with Crippen LogP contribution in [0.4, 0.5) is 5.95 Å². The third-order valence-corrected chi connectivity index (χ3v) is 9.93. The van der Waals surface area contributed by atoms with Crippen molar-refractivity contribution in [3.05, 3.63) is 88.8 Å². The van der Waals surface area contributed by atoms with E-state index in [1.54, 1.807) is 68.7 Å². The number of oxazole rings is 1. The number of nitrogens with one attached hydrogen (secondary N) is 2. The molecule has 5 aromatic heterocycles. The third-order valence-electron chi connectivity index (χ3n) is 9.93. The van der Waals surface area contributed by atoms with E-state index in [1.165, 1.54) is 12.1 Å². The highest BCUT2D eigenvalue weighted by atomic mass is 16.5. The number of aliphatic hydroxyl groups excluding tert-OH is 1. The fourth-order valence-electron chi connectivity index (χ4n) is 6.93. The maximum atomic E-state index is 13.7. The number of carbonyl (C=O) groups is 4. The standard InChI is InChI=1S/C43H52N14O6.C2H6O.2C2H6/c1-7-28-37(63-25(4)50-28)42(61)54-43-52-30-21-26(38(45)59)22-33(62-19-11-16-55(6)34(58)14-15-47-5)36(30)57(43)18-10-9-17-56-32-13-12-29(39(46)60)51-35(32)27-23-49-40(53-41(27)56)31(48-8-2)20-24(3)44;1-2-3;2*1-2/h9-10,12-13,20-23,47H,7-8,11,14-19,44H2,1-6H3,(H2,45,59)(H2,46,60)(H,52,54,61);3H,2H2,1H3;2*1-2H3/b10-9+,24-20-,48-31?;;;. The fraction of sp³-hybridized carbons (Fsp3) is 0.429. The first kappa shape index (κ1) is 56.8. The van der Waals surface area contributed by atoms with E-state index in [-0.39, 0.29) is 55.2 Å². The maximum Gasteiger partial charge on any atom is 0.295 e. The predicted octanol–water partition coefficient (Wildman–Crippen LogP) is 5.45. The van der Waals surface area contributed by atoms with Gasteiger partial charge in [0.15, 0.2) is 11.7 Å². The Labute approximate surface area is 408 Å². The molecule has 9 N–H and O–H groups in total. The van der Waals surface area contributed by atoms with Crippen molar-refractivity contribution < 1.29 is 33.4 Å². The number of carbonyl (C=O) groups excluding carboxylic acids is 4. The number of ether oxygens (including phenoxy) is 1. The van der Waals surface area contributed by atoms with Crippen LogP contribution in [0.15, 0.2) is 63.8 Å². The van der Waals surface area contributed by atoms with Gasteiger partial charge in [0.2, 0.25) is 23.5 Å². The van der Waals surface area contributed by atoms with Crippen molar-refractivity contribution in [3.8, 4) is 5.75 Å². The lowest BCUT2D eigenvalue weighted by Crippen LogP contribution is -2.30. The van der Waals surface area contributed by atoms with Crippen molar-refractivity contribution in [2.45, 2.75) is 94.7 Å². The summed E-state index contributed by atoms with van der Waals surface area (Å²) in [6.45, 7) is 19.2. The Balaban J connectivity index is 0.00000176. The van der Waals surface area contributed by atoms with Crippen molar-refractivity contribution >= 4 is 68.4 Å². The summed E-state index contributed by atoms with van der Waals surface area (Å²) < 4.78 is 15.7. The molecular formula is C49H70N14O7. The second kappa shape index (κ2) is 28.1. The lowest BCUT2D eigenvalue weighted by molar-refractivity contribution is -0.129. The SMILES string of the molecule is CC.CC.CCN=C(/C=C(/C)N)c1ncc2c3nc(C(N)=O)ccc3n(C/C=C/Cn3c(NC(=O)c4oc(C)nc4CC)nc4cc(C(N)=O)cc(OCCCN(C)C(=O)CCNC)c43)c2n1.CCO. The number of rotatable bonds is 20. The number of anilines is 1. The van der Waals surface area contributed by atoms with Gasteiger partial charge in [0.1, 0.15) is 33.8 Å². The number of hydrogen-bond acceptors (Lipinski definition) is 15. The predicted molar refractivity (Wildman–Crippen MR) is 274 cm³/mol. The molecule has 0 aliphatic carbocycles. The maximum absolute atomic E-state index is 13.7. The summed E-state index contributed by atoms with van der Waals surface area (Å²) >= 11 is 0. The molecule has 0 radical (unpaired) electrons. The number of pyridine rings is 1. The number of nitrogens with two attached hydrogens (primary N) is 3. The minimum atomic E-state index is -0.695. The Morgan fingerprint density at radius 3 is 2.26 bits per heavy atom. The quantitative estimate of drug-likeness (QED) is 0.0315. The van der Waals surface area contributed by atoms with Crippen LogP contribution in [0, 0.1) is 6.92 Å². The molecule has 0 bridgehead atoms. The first-order valence-electron chi connectivity index (χ1n) is 23.5. The minimum absolute atomic E-state index is 0.00437. The van der Waals surface area contributed by atoms with E-state index in [4.69, 9.17) is 41.4 Å². The Hall–Kier alpha value is -7.52. The largest absolute Gasteiger partial charge is 0.491 e.